The Morgan fingerprint density at radius 2 is 1.96 bits per heavy atom. The molecule has 0 saturated heterocycles. The molecular weight excluding hydrogens is 288 g/mol. The molecule has 1 heterocycles. The highest BCUT2D eigenvalue weighted by Crippen LogP contribution is 2.17. The van der Waals surface area contributed by atoms with Crippen LogP contribution in [0.4, 0.5) is 0 Å². The Bertz CT molecular complexity index is 809. The van der Waals surface area contributed by atoms with E-state index in [-0.39, 0.29) is 5.91 Å². The number of carbonyl (C=O) groups excluding carboxylic acids is 1. The fraction of sp³-hybridized carbons (Fsp3) is 0.211. The highest BCUT2D eigenvalue weighted by molar-refractivity contribution is 5.82. The van der Waals surface area contributed by atoms with Crippen molar-refractivity contribution in [3.63, 3.8) is 0 Å². The largest absolute Gasteiger partial charge is 0.481 e. The lowest BCUT2D eigenvalue weighted by molar-refractivity contribution is -0.127. The van der Waals surface area contributed by atoms with Gasteiger partial charge in [-0.15, -0.1) is 0 Å². The molecule has 0 aliphatic carbocycles. The van der Waals surface area contributed by atoms with Gasteiger partial charge in [0, 0.05) is 17.8 Å². The van der Waals surface area contributed by atoms with E-state index < -0.39 is 6.10 Å². The summed E-state index contributed by atoms with van der Waals surface area (Å²) < 4.78 is 5.62. The number of hydrogen-bond donors (Lipinski definition) is 2. The minimum Gasteiger partial charge on any atom is -0.481 e. The molecule has 4 heteroatoms. The van der Waals surface area contributed by atoms with Crippen molar-refractivity contribution in [3.8, 4) is 5.75 Å². The van der Waals surface area contributed by atoms with Crippen molar-refractivity contribution in [1.82, 2.24) is 10.3 Å². The summed E-state index contributed by atoms with van der Waals surface area (Å²) in [6.45, 7) is 4.27. The van der Waals surface area contributed by atoms with E-state index in [2.05, 4.69) is 22.4 Å². The molecule has 0 fully saturated rings. The SMILES string of the molecule is Cc1cc2cc(CNC(=O)[C@@H](C)Oc3ccccc3)ccc2[nH]1. The first kappa shape index (κ1) is 15.2. The van der Waals surface area contributed by atoms with Gasteiger partial charge in [-0.05, 0) is 55.1 Å². The molecule has 118 valence electrons. The molecule has 0 saturated carbocycles. The molecule has 2 aromatic carbocycles. The average molecular weight is 308 g/mol. The third-order valence-corrected chi connectivity index (χ3v) is 3.71. The number of aromatic nitrogens is 1. The topological polar surface area (TPSA) is 54.1 Å². The van der Waals surface area contributed by atoms with Crippen molar-refractivity contribution in [3.05, 3.63) is 65.9 Å². The quantitative estimate of drug-likeness (QED) is 0.757. The molecule has 0 unspecified atom stereocenters. The van der Waals surface area contributed by atoms with Gasteiger partial charge in [-0.2, -0.15) is 0 Å². The molecule has 2 N–H and O–H groups in total. The maximum Gasteiger partial charge on any atom is 0.261 e. The summed E-state index contributed by atoms with van der Waals surface area (Å²) in [6, 6.07) is 17.6. The van der Waals surface area contributed by atoms with E-state index in [1.807, 2.05) is 49.4 Å². The van der Waals surface area contributed by atoms with Gasteiger partial charge in [0.1, 0.15) is 5.75 Å². The maximum absolute atomic E-state index is 12.1. The Hall–Kier alpha value is -2.75. The van der Waals surface area contributed by atoms with Crippen LogP contribution in [0, 0.1) is 6.92 Å². The van der Waals surface area contributed by atoms with E-state index in [9.17, 15) is 4.79 Å². The van der Waals surface area contributed by atoms with Crippen LogP contribution < -0.4 is 10.1 Å². The van der Waals surface area contributed by atoms with Crippen LogP contribution in [0.5, 0.6) is 5.75 Å². The lowest BCUT2D eigenvalue weighted by Crippen LogP contribution is -2.35. The van der Waals surface area contributed by atoms with Gasteiger partial charge in [-0.1, -0.05) is 24.3 Å². The highest BCUT2D eigenvalue weighted by atomic mass is 16.5. The highest BCUT2D eigenvalue weighted by Gasteiger charge is 2.14. The fourth-order valence-corrected chi connectivity index (χ4v) is 2.53. The van der Waals surface area contributed by atoms with E-state index >= 15 is 0 Å². The summed E-state index contributed by atoms with van der Waals surface area (Å²) in [7, 11) is 0. The number of amides is 1. The second-order valence-corrected chi connectivity index (χ2v) is 5.66. The minimum atomic E-state index is -0.532. The third kappa shape index (κ3) is 3.72. The number of carbonyl (C=O) groups is 1. The van der Waals surface area contributed by atoms with E-state index in [4.69, 9.17) is 4.74 Å². The number of hydrogen-bond acceptors (Lipinski definition) is 2. The van der Waals surface area contributed by atoms with Gasteiger partial charge in [-0.25, -0.2) is 0 Å². The number of aryl methyl sites for hydroxylation is 1. The molecule has 3 aromatic rings. The Labute approximate surface area is 135 Å². The number of benzene rings is 2. The standard InChI is InChI=1S/C19H20N2O2/c1-13-10-16-11-15(8-9-18(16)21-13)12-20-19(22)14(2)23-17-6-4-3-5-7-17/h3-11,14,21H,12H2,1-2H3,(H,20,22)/t14-/m1/s1. The fourth-order valence-electron chi connectivity index (χ4n) is 2.53. The lowest BCUT2D eigenvalue weighted by Gasteiger charge is -2.14. The normalized spacial score (nSPS) is 12.1. The molecule has 0 bridgehead atoms. The van der Waals surface area contributed by atoms with E-state index in [1.165, 1.54) is 0 Å². The zero-order valence-corrected chi connectivity index (χ0v) is 13.3. The summed E-state index contributed by atoms with van der Waals surface area (Å²) in [5, 5.41) is 4.07. The lowest BCUT2D eigenvalue weighted by atomic mass is 10.1. The Morgan fingerprint density at radius 1 is 1.17 bits per heavy atom. The van der Waals surface area contributed by atoms with Gasteiger partial charge in [0.15, 0.2) is 6.10 Å². The molecule has 3 rings (SSSR count). The molecule has 0 radical (unpaired) electrons. The van der Waals surface area contributed by atoms with Crippen LogP contribution in [-0.2, 0) is 11.3 Å². The maximum atomic E-state index is 12.1. The number of para-hydroxylation sites is 1. The number of H-pyrrole nitrogens is 1. The summed E-state index contributed by atoms with van der Waals surface area (Å²) in [4.78, 5) is 15.4. The van der Waals surface area contributed by atoms with Gasteiger partial charge < -0.3 is 15.0 Å². The molecular formula is C19H20N2O2. The molecule has 0 aliphatic rings. The van der Waals surface area contributed by atoms with Crippen LogP contribution in [0.15, 0.2) is 54.6 Å². The zero-order chi connectivity index (χ0) is 16.2. The predicted molar refractivity (Wildman–Crippen MR) is 91.4 cm³/mol. The monoisotopic (exact) mass is 308 g/mol. The number of nitrogens with one attached hydrogen (secondary N) is 2. The first-order chi connectivity index (χ1) is 11.1. The molecule has 1 amide bonds. The van der Waals surface area contributed by atoms with Crippen molar-refractivity contribution in [2.45, 2.75) is 26.5 Å². The van der Waals surface area contributed by atoms with Crippen LogP contribution in [-0.4, -0.2) is 17.0 Å². The molecule has 1 atom stereocenters. The number of rotatable bonds is 5. The Kier molecular flexibility index (Phi) is 4.33. The van der Waals surface area contributed by atoms with Gasteiger partial charge in [0.25, 0.3) is 5.91 Å². The van der Waals surface area contributed by atoms with E-state index in [1.54, 1.807) is 6.92 Å². The van der Waals surface area contributed by atoms with Crippen molar-refractivity contribution >= 4 is 16.8 Å². The van der Waals surface area contributed by atoms with E-state index in [0.717, 1.165) is 22.2 Å². The number of ether oxygens (including phenoxy) is 1. The summed E-state index contributed by atoms with van der Waals surface area (Å²) >= 11 is 0. The van der Waals surface area contributed by atoms with Crippen molar-refractivity contribution in [1.29, 1.82) is 0 Å². The predicted octanol–water partition coefficient (Wildman–Crippen LogP) is 3.56. The molecule has 23 heavy (non-hydrogen) atoms. The van der Waals surface area contributed by atoms with E-state index in [0.29, 0.717) is 12.3 Å². The summed E-state index contributed by atoms with van der Waals surface area (Å²) in [5.41, 5.74) is 3.31. The second kappa shape index (κ2) is 6.57. The van der Waals surface area contributed by atoms with Gasteiger partial charge in [0.05, 0.1) is 0 Å². The minimum absolute atomic E-state index is 0.126. The van der Waals surface area contributed by atoms with Crippen LogP contribution in [0.25, 0.3) is 10.9 Å². The van der Waals surface area contributed by atoms with Gasteiger partial charge in [-0.3, -0.25) is 4.79 Å². The van der Waals surface area contributed by atoms with Crippen molar-refractivity contribution in [2.24, 2.45) is 0 Å². The van der Waals surface area contributed by atoms with Crippen molar-refractivity contribution < 1.29 is 9.53 Å². The van der Waals surface area contributed by atoms with Crippen LogP contribution in [0.3, 0.4) is 0 Å². The second-order valence-electron chi connectivity index (χ2n) is 5.66. The zero-order valence-electron chi connectivity index (χ0n) is 13.3. The smallest absolute Gasteiger partial charge is 0.261 e. The van der Waals surface area contributed by atoms with Crippen LogP contribution in [0.1, 0.15) is 18.2 Å². The Balaban J connectivity index is 1.58. The molecule has 4 nitrogen and oxygen atoms in total. The molecule has 1 aromatic heterocycles. The number of fused-ring (bicyclic) bond motifs is 1. The van der Waals surface area contributed by atoms with Crippen molar-refractivity contribution in [2.75, 3.05) is 0 Å². The molecule has 0 aliphatic heterocycles. The first-order valence-electron chi connectivity index (χ1n) is 7.69. The Morgan fingerprint density at radius 3 is 2.74 bits per heavy atom. The van der Waals surface area contributed by atoms with Gasteiger partial charge in [0.2, 0.25) is 0 Å². The van der Waals surface area contributed by atoms with Crippen LogP contribution in [0.2, 0.25) is 0 Å². The summed E-state index contributed by atoms with van der Waals surface area (Å²) in [5.74, 6) is 0.568. The summed E-state index contributed by atoms with van der Waals surface area (Å²) in [6.07, 6.45) is -0.532. The third-order valence-electron chi connectivity index (χ3n) is 3.71. The van der Waals surface area contributed by atoms with Crippen LogP contribution >= 0.6 is 0 Å². The molecule has 0 spiro atoms. The first-order valence-corrected chi connectivity index (χ1v) is 7.69. The van der Waals surface area contributed by atoms with Gasteiger partial charge >= 0.3 is 0 Å². The average Bonchev–Trinajstić information content (AvgIpc) is 2.92. The number of aromatic amines is 1.